The highest BCUT2D eigenvalue weighted by atomic mass is 19.4. The lowest BCUT2D eigenvalue weighted by Crippen LogP contribution is -2.11. The Labute approximate surface area is 110 Å². The first kappa shape index (κ1) is 14.2. The largest absolute Gasteiger partial charge is 0.433 e. The molecule has 1 N–H and O–H groups in total. The number of nitrogens with zero attached hydrogens (tertiary/aromatic N) is 2. The van der Waals surface area contributed by atoms with Crippen molar-refractivity contribution in [3.63, 3.8) is 0 Å². The summed E-state index contributed by atoms with van der Waals surface area (Å²) in [7, 11) is 0. The summed E-state index contributed by atoms with van der Waals surface area (Å²) in [5.74, 6) is -1.75. The minimum Gasteiger partial charge on any atom is -0.366 e. The van der Waals surface area contributed by atoms with E-state index in [0.717, 1.165) is 18.5 Å². The van der Waals surface area contributed by atoms with E-state index in [-0.39, 0.29) is 17.9 Å². The SMILES string of the molecule is Fc1cccc(F)c1CNc1cc(C(F)(F)F)ncn1. The van der Waals surface area contributed by atoms with Crippen molar-refractivity contribution in [3.8, 4) is 0 Å². The molecule has 0 amide bonds. The molecule has 0 bridgehead atoms. The summed E-state index contributed by atoms with van der Waals surface area (Å²) < 4.78 is 63.9. The van der Waals surface area contributed by atoms with Crippen molar-refractivity contribution in [2.24, 2.45) is 0 Å². The molecule has 1 aromatic heterocycles. The molecule has 2 rings (SSSR count). The molecular weight excluding hydrogens is 281 g/mol. The second kappa shape index (κ2) is 5.40. The van der Waals surface area contributed by atoms with E-state index in [9.17, 15) is 22.0 Å². The van der Waals surface area contributed by atoms with Crippen LogP contribution in [0.2, 0.25) is 0 Å². The molecule has 0 saturated carbocycles. The van der Waals surface area contributed by atoms with Crippen molar-refractivity contribution in [2.45, 2.75) is 12.7 Å². The third-order valence-corrected chi connectivity index (χ3v) is 2.47. The molecule has 1 heterocycles. The molecular formula is C12H8F5N3. The summed E-state index contributed by atoms with van der Waals surface area (Å²) in [5, 5.41) is 2.42. The third kappa shape index (κ3) is 3.19. The summed E-state index contributed by atoms with van der Waals surface area (Å²) in [5.41, 5.74) is -1.41. The summed E-state index contributed by atoms with van der Waals surface area (Å²) in [6.45, 7) is -0.327. The molecule has 20 heavy (non-hydrogen) atoms. The molecule has 0 unspecified atom stereocenters. The Morgan fingerprint density at radius 1 is 1.05 bits per heavy atom. The zero-order valence-corrected chi connectivity index (χ0v) is 9.88. The first-order chi connectivity index (χ1) is 9.38. The van der Waals surface area contributed by atoms with Crippen molar-refractivity contribution in [2.75, 3.05) is 5.32 Å². The van der Waals surface area contributed by atoms with Crippen LogP contribution in [0.15, 0.2) is 30.6 Å². The van der Waals surface area contributed by atoms with Crippen LogP contribution in [0.25, 0.3) is 0 Å². The lowest BCUT2D eigenvalue weighted by molar-refractivity contribution is -0.141. The van der Waals surface area contributed by atoms with Gasteiger partial charge in [0.2, 0.25) is 0 Å². The number of rotatable bonds is 3. The van der Waals surface area contributed by atoms with Gasteiger partial charge in [-0.2, -0.15) is 13.2 Å². The normalized spacial score (nSPS) is 11.4. The van der Waals surface area contributed by atoms with Crippen molar-refractivity contribution in [3.05, 3.63) is 53.5 Å². The Balaban J connectivity index is 2.16. The zero-order valence-electron chi connectivity index (χ0n) is 9.88. The lowest BCUT2D eigenvalue weighted by Gasteiger charge is -2.09. The van der Waals surface area contributed by atoms with Crippen LogP contribution in [0.5, 0.6) is 0 Å². The Morgan fingerprint density at radius 3 is 2.30 bits per heavy atom. The molecule has 0 radical (unpaired) electrons. The van der Waals surface area contributed by atoms with Gasteiger partial charge in [0.25, 0.3) is 0 Å². The zero-order chi connectivity index (χ0) is 14.8. The van der Waals surface area contributed by atoms with E-state index in [1.807, 2.05) is 0 Å². The average Bonchev–Trinajstić information content (AvgIpc) is 2.37. The maximum Gasteiger partial charge on any atom is 0.433 e. The molecule has 2 aromatic rings. The van der Waals surface area contributed by atoms with E-state index in [2.05, 4.69) is 15.3 Å². The number of anilines is 1. The van der Waals surface area contributed by atoms with Crippen LogP contribution in [0.4, 0.5) is 27.8 Å². The van der Waals surface area contributed by atoms with Crippen molar-refractivity contribution in [1.82, 2.24) is 9.97 Å². The van der Waals surface area contributed by atoms with Gasteiger partial charge in [0, 0.05) is 18.2 Å². The summed E-state index contributed by atoms with van der Waals surface area (Å²) in [6.07, 6.45) is -3.88. The van der Waals surface area contributed by atoms with E-state index in [0.29, 0.717) is 6.07 Å². The van der Waals surface area contributed by atoms with E-state index >= 15 is 0 Å². The van der Waals surface area contributed by atoms with Crippen molar-refractivity contribution < 1.29 is 22.0 Å². The van der Waals surface area contributed by atoms with Gasteiger partial charge in [-0.15, -0.1) is 0 Å². The van der Waals surface area contributed by atoms with Crippen LogP contribution in [0.3, 0.4) is 0 Å². The van der Waals surface area contributed by atoms with E-state index in [4.69, 9.17) is 0 Å². The number of alkyl halides is 3. The Morgan fingerprint density at radius 2 is 1.70 bits per heavy atom. The van der Waals surface area contributed by atoms with Gasteiger partial charge < -0.3 is 5.32 Å². The van der Waals surface area contributed by atoms with Gasteiger partial charge in [0.05, 0.1) is 0 Å². The number of aromatic nitrogens is 2. The van der Waals surface area contributed by atoms with Gasteiger partial charge in [-0.1, -0.05) is 6.07 Å². The predicted octanol–water partition coefficient (Wildman–Crippen LogP) is 3.39. The predicted molar refractivity (Wildman–Crippen MR) is 60.7 cm³/mol. The lowest BCUT2D eigenvalue weighted by atomic mass is 10.2. The summed E-state index contributed by atoms with van der Waals surface area (Å²) in [4.78, 5) is 6.64. The highest BCUT2D eigenvalue weighted by Crippen LogP contribution is 2.28. The second-order valence-electron chi connectivity index (χ2n) is 3.84. The first-order valence-corrected chi connectivity index (χ1v) is 5.44. The molecule has 0 saturated heterocycles. The average molecular weight is 289 g/mol. The van der Waals surface area contributed by atoms with Crippen molar-refractivity contribution in [1.29, 1.82) is 0 Å². The van der Waals surface area contributed by atoms with Gasteiger partial charge in [-0.25, -0.2) is 18.7 Å². The molecule has 8 heteroatoms. The quantitative estimate of drug-likeness (QED) is 0.880. The molecule has 106 valence electrons. The smallest absolute Gasteiger partial charge is 0.366 e. The fourth-order valence-corrected chi connectivity index (χ4v) is 1.49. The summed E-state index contributed by atoms with van der Waals surface area (Å²) >= 11 is 0. The molecule has 0 spiro atoms. The van der Waals surface area contributed by atoms with Gasteiger partial charge in [0.1, 0.15) is 29.5 Å². The maximum atomic E-state index is 13.3. The van der Waals surface area contributed by atoms with Gasteiger partial charge >= 0.3 is 6.18 Å². The number of hydrogen-bond donors (Lipinski definition) is 1. The molecule has 0 fully saturated rings. The minimum atomic E-state index is -4.61. The van der Waals surface area contributed by atoms with Gasteiger partial charge in [-0.05, 0) is 12.1 Å². The molecule has 1 aromatic carbocycles. The molecule has 0 aliphatic rings. The van der Waals surface area contributed by atoms with Crippen LogP contribution in [-0.4, -0.2) is 9.97 Å². The maximum absolute atomic E-state index is 13.3. The Bertz CT molecular complexity index is 592. The van der Waals surface area contributed by atoms with Gasteiger partial charge in [-0.3, -0.25) is 0 Å². The van der Waals surface area contributed by atoms with Crippen LogP contribution < -0.4 is 5.32 Å². The molecule has 0 aliphatic heterocycles. The first-order valence-electron chi connectivity index (χ1n) is 5.44. The van der Waals surface area contributed by atoms with Crippen LogP contribution >= 0.6 is 0 Å². The summed E-state index contributed by atoms with van der Waals surface area (Å²) in [6, 6.07) is 3.97. The number of hydrogen-bond acceptors (Lipinski definition) is 3. The second-order valence-corrected chi connectivity index (χ2v) is 3.84. The Kier molecular flexibility index (Phi) is 3.82. The van der Waals surface area contributed by atoms with Crippen LogP contribution in [0.1, 0.15) is 11.3 Å². The third-order valence-electron chi connectivity index (χ3n) is 2.47. The number of benzene rings is 1. The van der Waals surface area contributed by atoms with Crippen LogP contribution in [0, 0.1) is 11.6 Å². The van der Waals surface area contributed by atoms with E-state index < -0.39 is 23.5 Å². The molecule has 0 atom stereocenters. The standard InChI is InChI=1S/C12H8F5N3/c13-8-2-1-3-9(14)7(8)5-18-11-4-10(12(15,16)17)19-6-20-11/h1-4,6H,5H2,(H,18,19,20). The Hall–Kier alpha value is -2.25. The highest BCUT2D eigenvalue weighted by Gasteiger charge is 2.32. The van der Waals surface area contributed by atoms with E-state index in [1.54, 1.807) is 0 Å². The fourth-order valence-electron chi connectivity index (χ4n) is 1.49. The number of halogens is 5. The topological polar surface area (TPSA) is 37.8 Å². The number of nitrogens with one attached hydrogen (secondary N) is 1. The molecule has 0 aliphatic carbocycles. The van der Waals surface area contributed by atoms with Crippen LogP contribution in [-0.2, 0) is 12.7 Å². The highest BCUT2D eigenvalue weighted by molar-refractivity contribution is 5.37. The van der Waals surface area contributed by atoms with Crippen molar-refractivity contribution >= 4 is 5.82 Å². The fraction of sp³-hybridized carbons (Fsp3) is 0.167. The minimum absolute atomic E-state index is 0.171. The molecule has 3 nitrogen and oxygen atoms in total. The monoisotopic (exact) mass is 289 g/mol. The van der Waals surface area contributed by atoms with E-state index in [1.165, 1.54) is 6.07 Å². The van der Waals surface area contributed by atoms with Gasteiger partial charge in [0.15, 0.2) is 0 Å².